The molecule has 0 aromatic rings. The van der Waals surface area contributed by atoms with Crippen LogP contribution in [0.4, 0.5) is 0 Å². The van der Waals surface area contributed by atoms with Gasteiger partial charge in [0.2, 0.25) is 0 Å². The second-order valence-corrected chi connectivity index (χ2v) is 1.72. The first-order valence-electron chi connectivity index (χ1n) is 2.66. The minimum absolute atomic E-state index is 0.868. The lowest BCUT2D eigenvalue weighted by Crippen LogP contribution is -1.99. The van der Waals surface area contributed by atoms with Crippen LogP contribution >= 0.6 is 0 Å². The van der Waals surface area contributed by atoms with Crippen LogP contribution in [0.15, 0.2) is 24.0 Å². The van der Waals surface area contributed by atoms with Crippen LogP contribution in [-0.4, -0.2) is 0 Å². The molecule has 2 N–H and O–H groups in total. The van der Waals surface area contributed by atoms with Crippen molar-refractivity contribution in [3.05, 3.63) is 24.0 Å². The third kappa shape index (κ3) is 1.10. The maximum Gasteiger partial charge on any atom is 0.124 e. The van der Waals surface area contributed by atoms with Crippen molar-refractivity contribution in [3.63, 3.8) is 0 Å². The lowest BCUT2D eigenvalue weighted by atomic mass is 10.2. The summed E-state index contributed by atoms with van der Waals surface area (Å²) in [6.07, 6.45) is 7.90. The molecule has 1 aliphatic carbocycles. The van der Waals surface area contributed by atoms with Crippen molar-refractivity contribution < 1.29 is 4.84 Å². The van der Waals surface area contributed by atoms with Crippen LogP contribution in [0.5, 0.6) is 0 Å². The van der Waals surface area contributed by atoms with E-state index >= 15 is 0 Å². The zero-order valence-corrected chi connectivity index (χ0v) is 4.63. The predicted molar refractivity (Wildman–Crippen MR) is 31.7 cm³/mol. The summed E-state index contributed by atoms with van der Waals surface area (Å²) in [6.45, 7) is 0. The summed E-state index contributed by atoms with van der Waals surface area (Å²) in [4.78, 5) is 4.50. The molecule has 0 saturated heterocycles. The number of hydrogen-bond acceptors (Lipinski definition) is 2. The molecule has 2 nitrogen and oxygen atoms in total. The number of allylic oxidation sites excluding steroid dienone is 4. The summed E-state index contributed by atoms with van der Waals surface area (Å²) in [5, 5.41) is 0. The second kappa shape index (κ2) is 2.52. The first-order chi connectivity index (χ1) is 3.93. The first kappa shape index (κ1) is 5.38. The Kier molecular flexibility index (Phi) is 1.70. The van der Waals surface area contributed by atoms with Crippen molar-refractivity contribution in [2.45, 2.75) is 12.8 Å². The molecule has 1 aliphatic rings. The van der Waals surface area contributed by atoms with Crippen molar-refractivity contribution in [2.24, 2.45) is 5.90 Å². The Bertz CT molecular complexity index is 126. The third-order valence-electron chi connectivity index (χ3n) is 1.13. The van der Waals surface area contributed by atoms with E-state index in [1.807, 2.05) is 12.2 Å². The SMILES string of the molecule is NOC1=CC=CCC1. The Morgan fingerprint density at radius 1 is 1.62 bits per heavy atom. The van der Waals surface area contributed by atoms with Gasteiger partial charge in [-0.15, -0.1) is 0 Å². The smallest absolute Gasteiger partial charge is 0.124 e. The van der Waals surface area contributed by atoms with E-state index in [0.29, 0.717) is 0 Å². The fraction of sp³-hybridized carbons (Fsp3) is 0.333. The van der Waals surface area contributed by atoms with Gasteiger partial charge in [-0.2, -0.15) is 5.90 Å². The highest BCUT2D eigenvalue weighted by molar-refractivity contribution is 5.12. The molecule has 2 heteroatoms. The third-order valence-corrected chi connectivity index (χ3v) is 1.13. The van der Waals surface area contributed by atoms with E-state index in [-0.39, 0.29) is 0 Å². The van der Waals surface area contributed by atoms with Gasteiger partial charge in [-0.3, -0.25) is 0 Å². The molecule has 0 aromatic heterocycles. The van der Waals surface area contributed by atoms with Crippen LogP contribution in [-0.2, 0) is 4.84 Å². The van der Waals surface area contributed by atoms with E-state index in [9.17, 15) is 0 Å². The summed E-state index contributed by atoms with van der Waals surface area (Å²) in [5.74, 6) is 5.77. The number of nitrogens with two attached hydrogens (primary N) is 1. The van der Waals surface area contributed by atoms with Crippen molar-refractivity contribution in [1.82, 2.24) is 0 Å². The lowest BCUT2D eigenvalue weighted by molar-refractivity contribution is 0.209. The van der Waals surface area contributed by atoms with Crippen LogP contribution in [0.1, 0.15) is 12.8 Å². The highest BCUT2D eigenvalue weighted by Crippen LogP contribution is 2.09. The zero-order chi connectivity index (χ0) is 5.82. The molecule has 8 heavy (non-hydrogen) atoms. The summed E-state index contributed by atoms with van der Waals surface area (Å²) in [7, 11) is 0. The number of rotatable bonds is 1. The van der Waals surface area contributed by atoms with Crippen LogP contribution in [0.2, 0.25) is 0 Å². The van der Waals surface area contributed by atoms with Gasteiger partial charge in [-0.1, -0.05) is 12.2 Å². The average molecular weight is 111 g/mol. The van der Waals surface area contributed by atoms with Gasteiger partial charge in [0.1, 0.15) is 5.76 Å². The largest absolute Gasteiger partial charge is 0.416 e. The van der Waals surface area contributed by atoms with Gasteiger partial charge in [-0.05, 0) is 12.5 Å². The molecule has 44 valence electrons. The van der Waals surface area contributed by atoms with Gasteiger partial charge in [0.05, 0.1) is 0 Å². The van der Waals surface area contributed by atoms with Crippen LogP contribution in [0.3, 0.4) is 0 Å². The maximum absolute atomic E-state index is 4.90. The summed E-state index contributed by atoms with van der Waals surface area (Å²) >= 11 is 0. The van der Waals surface area contributed by atoms with E-state index in [1.54, 1.807) is 0 Å². The van der Waals surface area contributed by atoms with Crippen LogP contribution in [0, 0.1) is 0 Å². The standard InChI is InChI=1S/C6H9NO/c7-8-6-4-2-1-3-5-6/h1-2,4H,3,5,7H2. The van der Waals surface area contributed by atoms with Crippen molar-refractivity contribution in [1.29, 1.82) is 0 Å². The van der Waals surface area contributed by atoms with Gasteiger partial charge in [0, 0.05) is 6.42 Å². The molecule has 0 amide bonds. The van der Waals surface area contributed by atoms with Gasteiger partial charge in [0.25, 0.3) is 0 Å². The summed E-state index contributed by atoms with van der Waals surface area (Å²) in [5.41, 5.74) is 0. The molecule has 0 atom stereocenters. The Hall–Kier alpha value is -0.760. The zero-order valence-electron chi connectivity index (χ0n) is 4.63. The Morgan fingerprint density at radius 2 is 2.50 bits per heavy atom. The lowest BCUT2D eigenvalue weighted by Gasteiger charge is -2.03. The molecule has 0 saturated carbocycles. The van der Waals surface area contributed by atoms with Gasteiger partial charge in [-0.25, -0.2) is 0 Å². The van der Waals surface area contributed by atoms with Crippen LogP contribution in [0.25, 0.3) is 0 Å². The fourth-order valence-electron chi connectivity index (χ4n) is 0.679. The summed E-state index contributed by atoms with van der Waals surface area (Å²) in [6, 6.07) is 0. The number of hydrogen-bond donors (Lipinski definition) is 1. The first-order valence-corrected chi connectivity index (χ1v) is 2.66. The molecular weight excluding hydrogens is 102 g/mol. The Labute approximate surface area is 48.6 Å². The van der Waals surface area contributed by atoms with Crippen LogP contribution < -0.4 is 5.90 Å². The van der Waals surface area contributed by atoms with Gasteiger partial charge in [0.15, 0.2) is 0 Å². The maximum atomic E-state index is 4.90. The molecule has 0 unspecified atom stereocenters. The van der Waals surface area contributed by atoms with E-state index in [2.05, 4.69) is 10.9 Å². The van der Waals surface area contributed by atoms with E-state index < -0.39 is 0 Å². The van der Waals surface area contributed by atoms with Crippen molar-refractivity contribution in [2.75, 3.05) is 0 Å². The minimum Gasteiger partial charge on any atom is -0.416 e. The van der Waals surface area contributed by atoms with Gasteiger partial charge >= 0.3 is 0 Å². The topological polar surface area (TPSA) is 35.2 Å². The normalized spacial score (nSPS) is 17.9. The molecular formula is C6H9NO. The second-order valence-electron chi connectivity index (χ2n) is 1.72. The Balaban J connectivity index is 2.50. The van der Waals surface area contributed by atoms with Crippen molar-refractivity contribution >= 4 is 0 Å². The molecule has 0 aromatic carbocycles. The quantitative estimate of drug-likeness (QED) is 0.514. The molecule has 0 radical (unpaired) electrons. The molecule has 0 bridgehead atoms. The molecule has 0 fully saturated rings. The van der Waals surface area contributed by atoms with E-state index in [1.165, 1.54) is 0 Å². The minimum atomic E-state index is 0.868. The molecule has 0 spiro atoms. The summed E-state index contributed by atoms with van der Waals surface area (Å²) < 4.78 is 0. The highest BCUT2D eigenvalue weighted by Gasteiger charge is 1.96. The molecule has 0 heterocycles. The molecule has 1 rings (SSSR count). The Morgan fingerprint density at radius 3 is 2.88 bits per heavy atom. The van der Waals surface area contributed by atoms with Gasteiger partial charge < -0.3 is 4.84 Å². The predicted octanol–water partition coefficient (Wildman–Crippen LogP) is 1.11. The average Bonchev–Trinajstić information content (AvgIpc) is 1.90. The monoisotopic (exact) mass is 111 g/mol. The molecule has 0 aliphatic heterocycles. The van der Waals surface area contributed by atoms with Crippen molar-refractivity contribution in [3.8, 4) is 0 Å². The van der Waals surface area contributed by atoms with E-state index in [4.69, 9.17) is 5.90 Å². The highest BCUT2D eigenvalue weighted by atomic mass is 16.6. The van der Waals surface area contributed by atoms with E-state index in [0.717, 1.165) is 18.6 Å². The fourth-order valence-corrected chi connectivity index (χ4v) is 0.679.